The fourth-order valence-corrected chi connectivity index (χ4v) is 4.08. The molecule has 4 rings (SSSR count). The fraction of sp³-hybridized carbons (Fsp3) is 0.667. The molecule has 2 bridgehead atoms. The van der Waals surface area contributed by atoms with E-state index >= 15 is 0 Å². The zero-order chi connectivity index (χ0) is 15.5. The molecule has 0 aromatic carbocycles. The number of nitrogens with zero attached hydrogens (tertiary/aromatic N) is 3. The molecule has 4 heteroatoms. The molecule has 1 amide bonds. The van der Waals surface area contributed by atoms with Gasteiger partial charge in [-0.05, 0) is 50.7 Å². The summed E-state index contributed by atoms with van der Waals surface area (Å²) in [5.41, 5.74) is 0. The Kier molecular flexibility index (Phi) is 4.77. The van der Waals surface area contributed by atoms with Crippen molar-refractivity contribution in [3.63, 3.8) is 0 Å². The summed E-state index contributed by atoms with van der Waals surface area (Å²) >= 11 is 0. The maximum atomic E-state index is 12.4. The van der Waals surface area contributed by atoms with Crippen LogP contribution in [0.5, 0.6) is 0 Å². The Morgan fingerprint density at radius 1 is 1.36 bits per heavy atom. The summed E-state index contributed by atoms with van der Waals surface area (Å²) in [6, 6.07) is 6.68. The molecule has 1 unspecified atom stereocenters. The molecule has 2 aliphatic heterocycles. The zero-order valence-corrected chi connectivity index (χ0v) is 13.7. The van der Waals surface area contributed by atoms with E-state index < -0.39 is 0 Å². The van der Waals surface area contributed by atoms with E-state index in [0.717, 1.165) is 24.3 Å². The van der Waals surface area contributed by atoms with E-state index in [0.29, 0.717) is 6.42 Å². The number of pyridine rings is 1. The van der Waals surface area contributed by atoms with Crippen LogP contribution in [0.2, 0.25) is 0 Å². The van der Waals surface area contributed by atoms with Crippen molar-refractivity contribution in [3.8, 4) is 0 Å². The van der Waals surface area contributed by atoms with E-state index in [-0.39, 0.29) is 11.9 Å². The lowest BCUT2D eigenvalue weighted by Crippen LogP contribution is -2.54. The van der Waals surface area contributed by atoms with Crippen LogP contribution in [0.4, 0.5) is 5.82 Å². The number of carbonyl (C=O) groups excluding carboxylic acids is 1. The molecule has 0 N–H and O–H groups in total. The molecule has 22 heavy (non-hydrogen) atoms. The summed E-state index contributed by atoms with van der Waals surface area (Å²) in [5.74, 6) is 1.82. The van der Waals surface area contributed by atoms with Crippen molar-refractivity contribution >= 4 is 11.7 Å². The van der Waals surface area contributed by atoms with Crippen LogP contribution >= 0.6 is 0 Å². The van der Waals surface area contributed by atoms with Crippen LogP contribution < -0.4 is 4.90 Å². The highest BCUT2D eigenvalue weighted by atomic mass is 16.2. The number of anilines is 1. The van der Waals surface area contributed by atoms with E-state index in [2.05, 4.69) is 16.8 Å². The molecule has 3 aliphatic rings. The molecule has 1 aromatic rings. The van der Waals surface area contributed by atoms with Crippen LogP contribution in [0.25, 0.3) is 0 Å². The third kappa shape index (κ3) is 3.17. The van der Waals surface area contributed by atoms with Gasteiger partial charge >= 0.3 is 0 Å². The summed E-state index contributed by atoms with van der Waals surface area (Å²) in [5, 5.41) is 0. The number of hydrogen-bond donors (Lipinski definition) is 0. The first-order chi connectivity index (χ1) is 10.7. The molecule has 0 spiro atoms. The Balaban J connectivity index is 1.72. The van der Waals surface area contributed by atoms with Crippen LogP contribution in [-0.2, 0) is 4.79 Å². The van der Waals surface area contributed by atoms with Gasteiger partial charge in [0, 0.05) is 37.8 Å². The highest BCUT2D eigenvalue weighted by Gasteiger charge is 2.35. The van der Waals surface area contributed by atoms with Gasteiger partial charge in [0.15, 0.2) is 0 Å². The van der Waals surface area contributed by atoms with E-state index in [1.165, 1.54) is 32.2 Å². The van der Waals surface area contributed by atoms with Crippen molar-refractivity contribution in [3.05, 3.63) is 24.4 Å². The average molecular weight is 301 g/mol. The van der Waals surface area contributed by atoms with Crippen molar-refractivity contribution in [1.82, 2.24) is 9.88 Å². The van der Waals surface area contributed by atoms with Gasteiger partial charge in [-0.3, -0.25) is 14.6 Å². The third-order valence-corrected chi connectivity index (χ3v) is 5.23. The Morgan fingerprint density at radius 2 is 2.14 bits per heavy atom. The predicted molar refractivity (Wildman–Crippen MR) is 88.8 cm³/mol. The van der Waals surface area contributed by atoms with E-state index in [1.807, 2.05) is 30.0 Å². The Morgan fingerprint density at radius 3 is 2.68 bits per heavy atom. The Bertz CT molecular complexity index is 496. The number of piperidine rings is 2. The van der Waals surface area contributed by atoms with Crippen LogP contribution in [0, 0.1) is 5.92 Å². The minimum atomic E-state index is 0.161. The maximum absolute atomic E-state index is 12.4. The topological polar surface area (TPSA) is 36.4 Å². The van der Waals surface area contributed by atoms with Gasteiger partial charge in [0.1, 0.15) is 5.82 Å². The summed E-state index contributed by atoms with van der Waals surface area (Å²) < 4.78 is 0. The average Bonchev–Trinajstić information content (AvgIpc) is 2.57. The van der Waals surface area contributed by atoms with Gasteiger partial charge in [0.2, 0.25) is 5.91 Å². The van der Waals surface area contributed by atoms with Gasteiger partial charge < -0.3 is 0 Å². The number of aromatic nitrogens is 1. The predicted octanol–water partition coefficient (Wildman–Crippen LogP) is 3.09. The Labute approximate surface area is 133 Å². The normalized spacial score (nSPS) is 25.9. The van der Waals surface area contributed by atoms with Gasteiger partial charge in [0.25, 0.3) is 0 Å². The number of rotatable bonds is 5. The lowest BCUT2D eigenvalue weighted by Gasteiger charge is -2.47. The smallest absolute Gasteiger partial charge is 0.228 e. The second-order valence-corrected chi connectivity index (χ2v) is 6.78. The molecule has 3 heterocycles. The SMILES string of the molecule is CCC(=O)N(c1ccccn1)C(C)CN1CC2CCC1CC2. The van der Waals surface area contributed by atoms with E-state index in [4.69, 9.17) is 0 Å². The molecule has 1 aromatic heterocycles. The Hall–Kier alpha value is -1.42. The van der Waals surface area contributed by atoms with Crippen LogP contribution in [0.1, 0.15) is 46.0 Å². The fourth-order valence-electron chi connectivity index (χ4n) is 4.08. The molecular formula is C18H27N3O. The summed E-state index contributed by atoms with van der Waals surface area (Å²) in [6.45, 7) is 6.26. The monoisotopic (exact) mass is 301 g/mol. The standard InChI is InChI=1S/C18H27N3O/c1-3-18(22)21(17-6-4-5-11-19-17)14(2)12-20-13-15-7-9-16(20)10-8-15/h4-6,11,14-16H,3,7-10,12-13H2,1-2H3. The van der Waals surface area contributed by atoms with E-state index in [9.17, 15) is 4.79 Å². The lowest BCUT2D eigenvalue weighted by molar-refractivity contribution is -0.119. The van der Waals surface area contributed by atoms with Crippen molar-refractivity contribution in [2.75, 3.05) is 18.0 Å². The summed E-state index contributed by atoms with van der Waals surface area (Å²) in [7, 11) is 0. The van der Waals surface area contributed by atoms with Crippen LogP contribution in [-0.4, -0.2) is 41.0 Å². The first-order valence-electron chi connectivity index (χ1n) is 8.66. The number of amides is 1. The molecule has 4 nitrogen and oxygen atoms in total. The highest BCUT2D eigenvalue weighted by Crippen LogP contribution is 2.35. The molecule has 1 saturated carbocycles. The van der Waals surface area contributed by atoms with Gasteiger partial charge in [-0.15, -0.1) is 0 Å². The van der Waals surface area contributed by atoms with Gasteiger partial charge in [-0.25, -0.2) is 4.98 Å². The quantitative estimate of drug-likeness (QED) is 0.838. The molecule has 2 saturated heterocycles. The van der Waals surface area contributed by atoms with Crippen LogP contribution in [0.3, 0.4) is 0 Å². The molecule has 0 radical (unpaired) electrons. The first kappa shape index (κ1) is 15.5. The number of hydrogen-bond acceptors (Lipinski definition) is 3. The zero-order valence-electron chi connectivity index (χ0n) is 13.7. The minimum Gasteiger partial charge on any atom is -0.298 e. The summed E-state index contributed by atoms with van der Waals surface area (Å²) in [6.07, 6.45) is 7.75. The van der Waals surface area contributed by atoms with Crippen molar-refractivity contribution < 1.29 is 4.79 Å². The minimum absolute atomic E-state index is 0.161. The van der Waals surface area contributed by atoms with E-state index in [1.54, 1.807) is 6.20 Å². The van der Waals surface area contributed by atoms with Crippen molar-refractivity contribution in [2.24, 2.45) is 5.92 Å². The molecular weight excluding hydrogens is 274 g/mol. The first-order valence-corrected chi connectivity index (χ1v) is 8.66. The lowest BCUT2D eigenvalue weighted by atomic mass is 9.80. The highest BCUT2D eigenvalue weighted by molar-refractivity contribution is 5.92. The molecule has 1 aliphatic carbocycles. The molecule has 3 fully saturated rings. The molecule has 1 atom stereocenters. The van der Waals surface area contributed by atoms with Crippen molar-refractivity contribution in [1.29, 1.82) is 0 Å². The van der Waals surface area contributed by atoms with Gasteiger partial charge in [-0.1, -0.05) is 13.0 Å². The largest absolute Gasteiger partial charge is 0.298 e. The summed E-state index contributed by atoms with van der Waals surface area (Å²) in [4.78, 5) is 21.3. The van der Waals surface area contributed by atoms with Crippen molar-refractivity contribution in [2.45, 2.75) is 58.0 Å². The third-order valence-electron chi connectivity index (χ3n) is 5.23. The number of fused-ring (bicyclic) bond motifs is 3. The van der Waals surface area contributed by atoms with Crippen LogP contribution in [0.15, 0.2) is 24.4 Å². The molecule has 120 valence electrons. The second-order valence-electron chi connectivity index (χ2n) is 6.78. The second kappa shape index (κ2) is 6.78. The maximum Gasteiger partial charge on any atom is 0.228 e. The van der Waals surface area contributed by atoms with Gasteiger partial charge in [0.05, 0.1) is 0 Å². The van der Waals surface area contributed by atoms with Gasteiger partial charge in [-0.2, -0.15) is 0 Å². The number of carbonyl (C=O) groups is 1.